The van der Waals surface area contributed by atoms with Crippen LogP contribution in [-0.2, 0) is 10.2 Å². The van der Waals surface area contributed by atoms with E-state index >= 15 is 0 Å². The Morgan fingerprint density at radius 3 is 2.84 bits per heavy atom. The van der Waals surface area contributed by atoms with Gasteiger partial charge < -0.3 is 10.1 Å². The van der Waals surface area contributed by atoms with Crippen molar-refractivity contribution in [1.82, 2.24) is 9.97 Å². The normalized spacial score (nSPS) is 20.3. The second-order valence-electron chi connectivity index (χ2n) is 6.11. The van der Waals surface area contributed by atoms with Crippen LogP contribution in [0.2, 0.25) is 0 Å². The van der Waals surface area contributed by atoms with Crippen molar-refractivity contribution in [3.8, 4) is 0 Å². The molecule has 1 N–H and O–H groups in total. The number of nitrogens with zero attached hydrogens (tertiary/aromatic N) is 2. The molecule has 1 aliphatic rings. The molecule has 1 saturated heterocycles. The minimum Gasteiger partial charge on any atom is -0.381 e. The van der Waals surface area contributed by atoms with Gasteiger partial charge in [-0.15, -0.1) is 0 Å². The van der Waals surface area contributed by atoms with Crippen molar-refractivity contribution in [2.75, 3.05) is 25.1 Å². The Morgan fingerprint density at radius 2 is 2.21 bits per heavy atom. The summed E-state index contributed by atoms with van der Waals surface area (Å²) in [5, 5.41) is 3.41. The number of ether oxygens (including phenoxy) is 1. The summed E-state index contributed by atoms with van der Waals surface area (Å²) in [6.07, 6.45) is 2.39. The lowest BCUT2D eigenvalue weighted by atomic mass is 9.96. The molecule has 0 aromatic carbocycles. The average molecular weight is 328 g/mol. The summed E-state index contributed by atoms with van der Waals surface area (Å²) in [5.74, 6) is 2.32. The fraction of sp³-hybridized carbons (Fsp3) is 0.714. The van der Waals surface area contributed by atoms with E-state index < -0.39 is 0 Å². The van der Waals surface area contributed by atoms with E-state index in [0.717, 1.165) is 42.4 Å². The van der Waals surface area contributed by atoms with Crippen LogP contribution >= 0.6 is 15.9 Å². The monoisotopic (exact) mass is 327 g/mol. The third-order valence-electron chi connectivity index (χ3n) is 3.19. The Morgan fingerprint density at radius 1 is 1.42 bits per heavy atom. The number of nitrogens with one attached hydrogen (secondary N) is 1. The van der Waals surface area contributed by atoms with Crippen LogP contribution in [-0.4, -0.2) is 29.7 Å². The summed E-state index contributed by atoms with van der Waals surface area (Å²) >= 11 is 3.46. The Balaban J connectivity index is 2.01. The Labute approximate surface area is 123 Å². The van der Waals surface area contributed by atoms with Gasteiger partial charge in [0.2, 0.25) is 0 Å². The summed E-state index contributed by atoms with van der Waals surface area (Å²) < 4.78 is 6.32. The van der Waals surface area contributed by atoms with E-state index in [0.29, 0.717) is 5.92 Å². The second-order valence-corrected chi connectivity index (χ2v) is 6.93. The zero-order chi connectivity index (χ0) is 13.9. The molecule has 1 aromatic rings. The van der Waals surface area contributed by atoms with Gasteiger partial charge in [-0.1, -0.05) is 20.8 Å². The largest absolute Gasteiger partial charge is 0.381 e. The summed E-state index contributed by atoms with van der Waals surface area (Å²) in [7, 11) is 0. The molecular weight excluding hydrogens is 306 g/mol. The van der Waals surface area contributed by atoms with E-state index in [-0.39, 0.29) is 5.41 Å². The molecule has 1 fully saturated rings. The molecule has 1 aliphatic heterocycles. The minimum absolute atomic E-state index is 0.0475. The summed E-state index contributed by atoms with van der Waals surface area (Å²) in [5.41, 5.74) is -0.0475. The van der Waals surface area contributed by atoms with E-state index in [9.17, 15) is 0 Å². The van der Waals surface area contributed by atoms with Crippen LogP contribution in [0.4, 0.5) is 5.82 Å². The van der Waals surface area contributed by atoms with Crippen molar-refractivity contribution in [2.24, 2.45) is 5.92 Å². The highest BCUT2D eigenvalue weighted by atomic mass is 79.9. The lowest BCUT2D eigenvalue weighted by molar-refractivity contribution is 0.0595. The summed E-state index contributed by atoms with van der Waals surface area (Å²) in [6.45, 7) is 9.02. The van der Waals surface area contributed by atoms with Gasteiger partial charge in [0.1, 0.15) is 16.2 Å². The topological polar surface area (TPSA) is 47.0 Å². The maximum Gasteiger partial charge on any atom is 0.137 e. The fourth-order valence-corrected chi connectivity index (χ4v) is 2.45. The highest BCUT2D eigenvalue weighted by Gasteiger charge is 2.19. The molecule has 0 amide bonds. The van der Waals surface area contributed by atoms with E-state index in [2.05, 4.69) is 52.0 Å². The van der Waals surface area contributed by atoms with Crippen LogP contribution in [0.15, 0.2) is 10.7 Å². The third kappa shape index (κ3) is 4.42. The number of hydrogen-bond donors (Lipinski definition) is 1. The minimum atomic E-state index is -0.0475. The zero-order valence-corrected chi connectivity index (χ0v) is 13.5. The van der Waals surface area contributed by atoms with Crippen LogP contribution in [0.25, 0.3) is 0 Å². The number of hydrogen-bond acceptors (Lipinski definition) is 4. The molecule has 4 nitrogen and oxygen atoms in total. The summed E-state index contributed by atoms with van der Waals surface area (Å²) in [4.78, 5) is 9.04. The van der Waals surface area contributed by atoms with E-state index in [1.807, 2.05) is 6.07 Å². The van der Waals surface area contributed by atoms with Gasteiger partial charge in [0.25, 0.3) is 0 Å². The van der Waals surface area contributed by atoms with Gasteiger partial charge in [-0.2, -0.15) is 0 Å². The quantitative estimate of drug-likeness (QED) is 0.864. The fourth-order valence-electron chi connectivity index (χ4n) is 2.06. The molecule has 106 valence electrons. The number of rotatable bonds is 3. The smallest absolute Gasteiger partial charge is 0.137 e. The molecule has 1 unspecified atom stereocenters. The highest BCUT2D eigenvalue weighted by Crippen LogP contribution is 2.23. The molecule has 2 heterocycles. The van der Waals surface area contributed by atoms with Crippen LogP contribution in [0.5, 0.6) is 0 Å². The molecule has 1 atom stereocenters. The van der Waals surface area contributed by atoms with Gasteiger partial charge >= 0.3 is 0 Å². The molecular formula is C14H22BrN3O. The first-order chi connectivity index (χ1) is 8.95. The molecule has 5 heteroatoms. The SMILES string of the molecule is CC(C)(C)c1nc(Br)cc(NCC2CCCOC2)n1. The first kappa shape index (κ1) is 14.7. The van der Waals surface area contributed by atoms with E-state index in [1.54, 1.807) is 0 Å². The predicted molar refractivity (Wildman–Crippen MR) is 80.5 cm³/mol. The van der Waals surface area contributed by atoms with Crippen LogP contribution in [0, 0.1) is 5.92 Å². The predicted octanol–water partition coefficient (Wildman–Crippen LogP) is 3.38. The van der Waals surface area contributed by atoms with Gasteiger partial charge in [-0.3, -0.25) is 0 Å². The number of anilines is 1. The molecule has 1 aromatic heterocycles. The maximum atomic E-state index is 5.49. The molecule has 0 radical (unpaired) electrons. The first-order valence-electron chi connectivity index (χ1n) is 6.82. The van der Waals surface area contributed by atoms with Crippen molar-refractivity contribution in [3.63, 3.8) is 0 Å². The zero-order valence-electron chi connectivity index (χ0n) is 11.9. The summed E-state index contributed by atoms with van der Waals surface area (Å²) in [6, 6.07) is 1.93. The Hall–Kier alpha value is -0.680. The Bertz CT molecular complexity index is 425. The molecule has 0 aliphatic carbocycles. The molecule has 2 rings (SSSR count). The third-order valence-corrected chi connectivity index (χ3v) is 3.60. The van der Waals surface area contributed by atoms with Gasteiger partial charge in [0.05, 0.1) is 6.61 Å². The second kappa shape index (κ2) is 6.18. The van der Waals surface area contributed by atoms with Crippen LogP contribution in [0.3, 0.4) is 0 Å². The highest BCUT2D eigenvalue weighted by molar-refractivity contribution is 9.10. The molecule has 0 saturated carbocycles. The van der Waals surface area contributed by atoms with Gasteiger partial charge in [-0.05, 0) is 34.7 Å². The Kier molecular flexibility index (Phi) is 4.79. The number of halogens is 1. The molecule has 19 heavy (non-hydrogen) atoms. The number of aromatic nitrogens is 2. The molecule has 0 bridgehead atoms. The van der Waals surface area contributed by atoms with Crippen LogP contribution < -0.4 is 5.32 Å². The standard InChI is InChI=1S/C14H22BrN3O/c1-14(2,3)13-17-11(15)7-12(18-13)16-8-10-5-4-6-19-9-10/h7,10H,4-6,8-9H2,1-3H3,(H,16,17,18). The van der Waals surface area contributed by atoms with E-state index in [4.69, 9.17) is 4.74 Å². The van der Waals surface area contributed by atoms with Crippen molar-refractivity contribution in [3.05, 3.63) is 16.5 Å². The van der Waals surface area contributed by atoms with Crippen molar-refractivity contribution >= 4 is 21.7 Å². The van der Waals surface area contributed by atoms with E-state index in [1.165, 1.54) is 6.42 Å². The van der Waals surface area contributed by atoms with Gasteiger partial charge in [0.15, 0.2) is 0 Å². The lowest BCUT2D eigenvalue weighted by Gasteiger charge is -2.23. The average Bonchev–Trinajstić information content (AvgIpc) is 2.36. The van der Waals surface area contributed by atoms with Crippen molar-refractivity contribution < 1.29 is 4.74 Å². The maximum absolute atomic E-state index is 5.49. The van der Waals surface area contributed by atoms with Crippen molar-refractivity contribution in [2.45, 2.75) is 39.0 Å². The van der Waals surface area contributed by atoms with Crippen LogP contribution in [0.1, 0.15) is 39.4 Å². The molecule has 0 spiro atoms. The lowest BCUT2D eigenvalue weighted by Crippen LogP contribution is -2.25. The van der Waals surface area contributed by atoms with Gasteiger partial charge in [0, 0.05) is 24.6 Å². The van der Waals surface area contributed by atoms with Gasteiger partial charge in [-0.25, -0.2) is 9.97 Å². The van der Waals surface area contributed by atoms with Crippen molar-refractivity contribution in [1.29, 1.82) is 0 Å². The first-order valence-corrected chi connectivity index (χ1v) is 7.61.